The van der Waals surface area contributed by atoms with Crippen molar-refractivity contribution in [2.45, 2.75) is 193 Å². The predicted molar refractivity (Wildman–Crippen MR) is 263 cm³/mol. The van der Waals surface area contributed by atoms with Crippen LogP contribution in [0.25, 0.3) is 0 Å². The van der Waals surface area contributed by atoms with Gasteiger partial charge >= 0.3 is 11.9 Å². The lowest BCUT2D eigenvalue weighted by atomic mass is 10.1. The number of carbonyl (C=O) groups excluding carboxylic acids is 3. The Balaban J connectivity index is 4.44. The van der Waals surface area contributed by atoms with Crippen LogP contribution in [0.5, 0.6) is 0 Å². The predicted octanol–water partition coefficient (Wildman–Crippen LogP) is 12.9. The fourth-order valence-electron chi connectivity index (χ4n) is 6.62. The molecule has 8 heteroatoms. The number of aliphatic carboxylic acids is 1. The number of likely N-dealkylation sites (N-methyl/N-ethyl adjacent to an activating group) is 1. The first-order chi connectivity index (χ1) is 30.6. The smallest absolute Gasteiger partial charge is 0.306 e. The van der Waals surface area contributed by atoms with Crippen LogP contribution in [-0.4, -0.2) is 75.5 Å². The van der Waals surface area contributed by atoms with Crippen LogP contribution in [0, 0.1) is 0 Å². The second-order valence-corrected chi connectivity index (χ2v) is 17.4. The first-order valence-electron chi connectivity index (χ1n) is 24.8. The second-order valence-electron chi connectivity index (χ2n) is 17.4. The molecule has 0 aromatic rings. The van der Waals surface area contributed by atoms with Gasteiger partial charge in [-0.05, 0) is 89.9 Å². The highest BCUT2D eigenvalue weighted by molar-refractivity contribution is 5.70. The zero-order valence-electron chi connectivity index (χ0n) is 40.7. The van der Waals surface area contributed by atoms with E-state index in [1.807, 2.05) is 0 Å². The molecule has 0 N–H and O–H groups in total. The molecule has 2 atom stereocenters. The molecule has 0 saturated heterocycles. The summed E-state index contributed by atoms with van der Waals surface area (Å²) in [6.45, 7) is 4.54. The molecule has 0 aromatic heterocycles. The summed E-state index contributed by atoms with van der Waals surface area (Å²) in [7, 11) is 5.38. The van der Waals surface area contributed by atoms with E-state index < -0.39 is 18.1 Å². The van der Waals surface area contributed by atoms with Gasteiger partial charge in [-0.15, -0.1) is 0 Å². The Morgan fingerprint density at radius 2 is 0.905 bits per heavy atom. The van der Waals surface area contributed by atoms with Crippen molar-refractivity contribution in [3.63, 3.8) is 0 Å². The summed E-state index contributed by atoms with van der Waals surface area (Å²) >= 11 is 0. The summed E-state index contributed by atoms with van der Waals surface area (Å²) in [5.41, 5.74) is 0. The van der Waals surface area contributed by atoms with E-state index in [2.05, 4.69) is 111 Å². The molecule has 0 spiro atoms. The molecule has 0 aliphatic carbocycles. The van der Waals surface area contributed by atoms with Crippen molar-refractivity contribution in [3.8, 4) is 0 Å². The molecule has 0 rings (SSSR count). The van der Waals surface area contributed by atoms with Gasteiger partial charge in [0.2, 0.25) is 0 Å². The summed E-state index contributed by atoms with van der Waals surface area (Å²) in [5.74, 6) is -1.83. The number of quaternary nitrogens is 1. The number of unbranched alkanes of at least 4 members (excludes halogenated alkanes) is 15. The lowest BCUT2D eigenvalue weighted by molar-refractivity contribution is -0.889. The molecule has 0 aromatic carbocycles. The van der Waals surface area contributed by atoms with Crippen LogP contribution in [0.2, 0.25) is 0 Å². The van der Waals surface area contributed by atoms with Gasteiger partial charge in [-0.3, -0.25) is 9.59 Å². The van der Waals surface area contributed by atoms with Crippen molar-refractivity contribution in [1.82, 2.24) is 0 Å². The minimum Gasteiger partial charge on any atom is -0.544 e. The van der Waals surface area contributed by atoms with Gasteiger partial charge in [0, 0.05) is 19.3 Å². The van der Waals surface area contributed by atoms with Crippen LogP contribution >= 0.6 is 0 Å². The summed E-state index contributed by atoms with van der Waals surface area (Å²) in [4.78, 5) is 37.0. The van der Waals surface area contributed by atoms with Gasteiger partial charge in [0.05, 0.1) is 40.3 Å². The Labute approximate surface area is 386 Å². The van der Waals surface area contributed by atoms with Crippen molar-refractivity contribution in [1.29, 1.82) is 0 Å². The quantitative estimate of drug-likeness (QED) is 0.0198. The Hall–Kier alpha value is -3.75. The van der Waals surface area contributed by atoms with E-state index in [0.29, 0.717) is 12.8 Å². The highest BCUT2D eigenvalue weighted by Crippen LogP contribution is 2.12. The summed E-state index contributed by atoms with van der Waals surface area (Å²) in [5, 5.41) is 11.7. The number of carboxylic acid groups (broad SMARTS) is 1. The lowest BCUT2D eigenvalue weighted by Gasteiger charge is -2.34. The highest BCUT2D eigenvalue weighted by Gasteiger charge is 2.25. The highest BCUT2D eigenvalue weighted by atomic mass is 16.6. The summed E-state index contributed by atoms with van der Waals surface area (Å²) in [6.07, 6.45) is 60.0. The van der Waals surface area contributed by atoms with E-state index >= 15 is 0 Å². The van der Waals surface area contributed by atoms with Gasteiger partial charge in [0.25, 0.3) is 0 Å². The van der Waals surface area contributed by atoms with Crippen LogP contribution in [-0.2, 0) is 28.6 Å². The number of rotatable bonds is 43. The average molecular weight is 878 g/mol. The largest absolute Gasteiger partial charge is 0.544 e. The van der Waals surface area contributed by atoms with Crippen LogP contribution in [0.1, 0.15) is 181 Å². The van der Waals surface area contributed by atoms with Crippen molar-refractivity contribution in [3.05, 3.63) is 97.2 Å². The number of nitrogens with zero attached hydrogens (tertiary/aromatic N) is 1. The van der Waals surface area contributed by atoms with Gasteiger partial charge in [0.1, 0.15) is 12.6 Å². The van der Waals surface area contributed by atoms with E-state index in [4.69, 9.17) is 14.2 Å². The lowest BCUT2D eigenvalue weighted by Crippen LogP contribution is -2.55. The molecular weight excluding hydrogens is 787 g/mol. The normalized spacial score (nSPS) is 13.7. The molecule has 0 aliphatic heterocycles. The third-order valence-corrected chi connectivity index (χ3v) is 10.5. The summed E-state index contributed by atoms with van der Waals surface area (Å²) in [6, 6.07) is -0.744. The molecule has 0 radical (unpaired) electrons. The van der Waals surface area contributed by atoms with Crippen molar-refractivity contribution in [2.24, 2.45) is 0 Å². The molecule has 0 heterocycles. The third-order valence-electron chi connectivity index (χ3n) is 10.5. The third kappa shape index (κ3) is 43.3. The van der Waals surface area contributed by atoms with Crippen LogP contribution in [0.3, 0.4) is 0 Å². The molecular formula is C55H91NO7. The maximum atomic E-state index is 12.8. The molecule has 0 amide bonds. The Morgan fingerprint density at radius 3 is 1.43 bits per heavy atom. The molecule has 2 unspecified atom stereocenters. The van der Waals surface area contributed by atoms with Crippen LogP contribution in [0.15, 0.2) is 97.2 Å². The van der Waals surface area contributed by atoms with Crippen LogP contribution < -0.4 is 5.11 Å². The van der Waals surface area contributed by atoms with E-state index in [1.165, 1.54) is 57.8 Å². The zero-order valence-corrected chi connectivity index (χ0v) is 40.7. The van der Waals surface area contributed by atoms with E-state index in [0.717, 1.165) is 83.5 Å². The number of allylic oxidation sites excluding steroid dienone is 16. The number of ether oxygens (including phenoxy) is 3. The maximum absolute atomic E-state index is 12.8. The minimum atomic E-state index is -1.14. The standard InChI is InChI=1S/C55H91NO7/c1-6-8-10-12-14-16-18-20-22-24-26-27-28-30-32-34-36-38-40-42-44-46-54(58)63-51(49-61-48-47-52(55(59)60)56(3,4)5)50-62-53(57)45-43-41-39-37-35-33-31-29-25-23-21-19-17-15-13-11-9-7-2/h14,16,19-23,25-27,29-32,36,38,51-52H,6-13,15,17-18,24,28,33-35,37,39-50H2,1-5H3/b16-14+,21-19+,22-20+,25-23+,27-26+,31-29+,32-30+,38-36+. The first kappa shape index (κ1) is 59.2. The number of carboxylic acids is 1. The fourth-order valence-corrected chi connectivity index (χ4v) is 6.62. The van der Waals surface area contributed by atoms with E-state index in [-0.39, 0.29) is 49.1 Å². The van der Waals surface area contributed by atoms with Crippen molar-refractivity contribution < 1.29 is 38.2 Å². The molecule has 0 fully saturated rings. The SMILES string of the molecule is CCCCC/C=C/C/C=C/C/C=C/C/C=C/C/C=C/CCCCC(=O)OC(COCCC(C(=O)[O-])[N+](C)(C)C)COC(=O)CCCCCCC/C=C/C=C/C=C/CCCCCCC. The topological polar surface area (TPSA) is 102 Å². The van der Waals surface area contributed by atoms with Crippen LogP contribution in [0.4, 0.5) is 0 Å². The van der Waals surface area contributed by atoms with Gasteiger partial charge in [-0.2, -0.15) is 0 Å². The molecule has 358 valence electrons. The summed E-state index contributed by atoms with van der Waals surface area (Å²) < 4.78 is 17.1. The first-order valence-corrected chi connectivity index (χ1v) is 24.8. The zero-order chi connectivity index (χ0) is 46.3. The molecule has 8 nitrogen and oxygen atoms in total. The van der Waals surface area contributed by atoms with Gasteiger partial charge < -0.3 is 28.6 Å². The second kappa shape index (κ2) is 44.8. The monoisotopic (exact) mass is 878 g/mol. The average Bonchev–Trinajstić information content (AvgIpc) is 3.24. The van der Waals surface area contributed by atoms with Crippen molar-refractivity contribution in [2.75, 3.05) is 41.0 Å². The van der Waals surface area contributed by atoms with Crippen molar-refractivity contribution >= 4 is 17.9 Å². The van der Waals surface area contributed by atoms with Gasteiger partial charge in [-0.25, -0.2) is 0 Å². The molecule has 0 bridgehead atoms. The molecule has 0 saturated carbocycles. The van der Waals surface area contributed by atoms with E-state index in [9.17, 15) is 19.5 Å². The number of esters is 2. The number of hydrogen-bond acceptors (Lipinski definition) is 7. The number of carbonyl (C=O) groups is 3. The Bertz CT molecular complexity index is 1350. The molecule has 0 aliphatic rings. The maximum Gasteiger partial charge on any atom is 0.306 e. The fraction of sp³-hybridized carbons (Fsp3) is 0.655. The van der Waals surface area contributed by atoms with E-state index in [1.54, 1.807) is 21.1 Å². The minimum absolute atomic E-state index is 0.0102. The Morgan fingerprint density at radius 1 is 0.492 bits per heavy atom. The number of hydrogen-bond donors (Lipinski definition) is 0. The van der Waals surface area contributed by atoms with Gasteiger partial charge in [-0.1, -0.05) is 169 Å². The Kier molecular flexibility index (Phi) is 42.2. The van der Waals surface area contributed by atoms with Gasteiger partial charge in [0.15, 0.2) is 6.10 Å². The molecule has 63 heavy (non-hydrogen) atoms.